The Bertz CT molecular complexity index is 740. The van der Waals surface area contributed by atoms with Crippen LogP contribution in [-0.4, -0.2) is 60.3 Å². The van der Waals surface area contributed by atoms with Gasteiger partial charge in [-0.05, 0) is 37.9 Å². The van der Waals surface area contributed by atoms with Crippen molar-refractivity contribution in [1.82, 2.24) is 9.80 Å². The number of amides is 1. The molecule has 1 aromatic carbocycles. The number of para-hydroxylation sites is 1. The zero-order valence-corrected chi connectivity index (χ0v) is 14.6. The molecule has 0 unspecified atom stereocenters. The minimum atomic E-state index is -0.441. The second-order valence-corrected chi connectivity index (χ2v) is 8.15. The quantitative estimate of drug-likeness (QED) is 0.782. The molecule has 2 aliphatic heterocycles. The highest BCUT2D eigenvalue weighted by molar-refractivity contribution is 6.00. The number of benzene rings is 1. The van der Waals surface area contributed by atoms with E-state index in [4.69, 9.17) is 4.74 Å². The van der Waals surface area contributed by atoms with Gasteiger partial charge in [0.15, 0.2) is 5.78 Å². The molecule has 5 rings (SSSR count). The van der Waals surface area contributed by atoms with Crippen molar-refractivity contribution < 1.29 is 14.3 Å². The number of nitrogens with zero attached hydrogens (tertiary/aromatic N) is 2. The van der Waals surface area contributed by atoms with E-state index in [1.165, 1.54) is 0 Å². The van der Waals surface area contributed by atoms with Crippen LogP contribution in [0.4, 0.5) is 0 Å². The summed E-state index contributed by atoms with van der Waals surface area (Å²) in [6.45, 7) is 3.53. The van der Waals surface area contributed by atoms with Crippen molar-refractivity contribution in [2.75, 3.05) is 33.2 Å². The molecule has 0 aromatic heterocycles. The second kappa shape index (κ2) is 5.31. The molecular weight excluding hydrogens is 316 g/mol. The third-order valence-electron chi connectivity index (χ3n) is 6.74. The number of ether oxygens (including phenoxy) is 1. The number of carbonyl (C=O) groups excluding carboxylic acids is 2. The summed E-state index contributed by atoms with van der Waals surface area (Å²) in [4.78, 5) is 29.9. The fourth-order valence-corrected chi connectivity index (χ4v) is 5.34. The minimum absolute atomic E-state index is 0.0650. The van der Waals surface area contributed by atoms with E-state index in [2.05, 4.69) is 11.9 Å². The summed E-state index contributed by atoms with van der Waals surface area (Å²) >= 11 is 0. The summed E-state index contributed by atoms with van der Waals surface area (Å²) in [7, 11) is 2.10. The molecule has 2 aliphatic carbocycles. The number of ketones is 1. The lowest BCUT2D eigenvalue weighted by Gasteiger charge is -2.38. The van der Waals surface area contributed by atoms with Crippen LogP contribution in [0.25, 0.3) is 0 Å². The van der Waals surface area contributed by atoms with E-state index in [9.17, 15) is 9.59 Å². The zero-order chi connectivity index (χ0) is 17.2. The molecule has 3 fully saturated rings. The fraction of sp³-hybridized carbons (Fsp3) is 0.600. The van der Waals surface area contributed by atoms with E-state index in [1.54, 1.807) is 0 Å². The topological polar surface area (TPSA) is 49.9 Å². The van der Waals surface area contributed by atoms with Gasteiger partial charge in [0.25, 0.3) is 0 Å². The van der Waals surface area contributed by atoms with Crippen LogP contribution in [0, 0.1) is 17.8 Å². The molecule has 2 heterocycles. The Hall–Kier alpha value is -1.88. The van der Waals surface area contributed by atoms with Crippen LogP contribution in [0.2, 0.25) is 0 Å². The Morgan fingerprint density at radius 2 is 1.96 bits per heavy atom. The number of hydrogen-bond acceptors (Lipinski definition) is 4. The predicted octanol–water partition coefficient (Wildman–Crippen LogP) is 1.82. The molecule has 4 aliphatic rings. The molecule has 4 atom stereocenters. The van der Waals surface area contributed by atoms with Gasteiger partial charge in [-0.3, -0.25) is 9.59 Å². The van der Waals surface area contributed by atoms with Gasteiger partial charge in [-0.2, -0.15) is 0 Å². The Balaban J connectivity index is 1.36. The number of hydrogen-bond donors (Lipinski definition) is 0. The monoisotopic (exact) mass is 340 g/mol. The van der Waals surface area contributed by atoms with Crippen LogP contribution >= 0.6 is 0 Å². The van der Waals surface area contributed by atoms with Crippen molar-refractivity contribution >= 4 is 11.7 Å². The lowest BCUT2D eigenvalue weighted by Crippen LogP contribution is -2.49. The first-order valence-electron chi connectivity index (χ1n) is 9.38. The zero-order valence-electron chi connectivity index (χ0n) is 14.6. The van der Waals surface area contributed by atoms with Crippen molar-refractivity contribution in [3.63, 3.8) is 0 Å². The van der Waals surface area contributed by atoms with E-state index in [1.807, 2.05) is 29.2 Å². The number of Topliss-reactive ketones (excluding diaryl/α,β-unsaturated/α-hetero) is 1. The van der Waals surface area contributed by atoms with Crippen molar-refractivity contribution in [3.8, 4) is 5.75 Å². The maximum atomic E-state index is 13.0. The second-order valence-electron chi connectivity index (χ2n) is 8.15. The minimum Gasteiger partial charge on any atom is -0.486 e. The van der Waals surface area contributed by atoms with Gasteiger partial charge < -0.3 is 14.5 Å². The van der Waals surface area contributed by atoms with Gasteiger partial charge in [-0.15, -0.1) is 0 Å². The number of carbonyl (C=O) groups is 2. The molecule has 1 saturated heterocycles. The maximum absolute atomic E-state index is 13.0. The Labute approximate surface area is 147 Å². The summed E-state index contributed by atoms with van der Waals surface area (Å²) in [6.07, 6.45) is 2.33. The molecule has 0 radical (unpaired) electrons. The van der Waals surface area contributed by atoms with Gasteiger partial charge in [0, 0.05) is 38.0 Å². The average molecular weight is 340 g/mol. The molecule has 5 nitrogen and oxygen atoms in total. The predicted molar refractivity (Wildman–Crippen MR) is 92.5 cm³/mol. The first-order chi connectivity index (χ1) is 12.1. The molecule has 5 heteroatoms. The standard InChI is InChI=1S/C20H24N2O3/c1-21-8-10-22(11-9-21)19(24)17-14-6-7-20(18(14)17)12-15(23)13-4-2-3-5-16(13)25-20/h2-5,14,17-18H,6-12H2,1H3/t14-,17-,18-,20+/m0/s1. The van der Waals surface area contributed by atoms with E-state index in [0.717, 1.165) is 39.0 Å². The molecule has 0 N–H and O–H groups in total. The Morgan fingerprint density at radius 1 is 1.20 bits per heavy atom. The molecule has 1 spiro atoms. The lowest BCUT2D eigenvalue weighted by molar-refractivity contribution is -0.136. The van der Waals surface area contributed by atoms with Crippen LogP contribution in [0.5, 0.6) is 5.75 Å². The van der Waals surface area contributed by atoms with Gasteiger partial charge in [0.1, 0.15) is 11.4 Å². The largest absolute Gasteiger partial charge is 0.486 e. The summed E-state index contributed by atoms with van der Waals surface area (Å²) in [5.41, 5.74) is 0.252. The van der Waals surface area contributed by atoms with E-state index in [-0.39, 0.29) is 23.5 Å². The van der Waals surface area contributed by atoms with Gasteiger partial charge in [-0.1, -0.05) is 12.1 Å². The van der Waals surface area contributed by atoms with Crippen LogP contribution in [0.15, 0.2) is 24.3 Å². The van der Waals surface area contributed by atoms with Crippen LogP contribution in [-0.2, 0) is 4.79 Å². The van der Waals surface area contributed by atoms with E-state index < -0.39 is 5.60 Å². The van der Waals surface area contributed by atoms with Crippen molar-refractivity contribution in [3.05, 3.63) is 29.8 Å². The molecule has 1 aromatic rings. The van der Waals surface area contributed by atoms with Gasteiger partial charge in [-0.25, -0.2) is 0 Å². The average Bonchev–Trinajstić information content (AvgIpc) is 3.26. The number of rotatable bonds is 1. The summed E-state index contributed by atoms with van der Waals surface area (Å²) in [5, 5.41) is 0. The summed E-state index contributed by atoms with van der Waals surface area (Å²) in [6, 6.07) is 7.53. The molecule has 1 amide bonds. The normalized spacial score (nSPS) is 36.8. The highest BCUT2D eigenvalue weighted by Gasteiger charge is 2.71. The Morgan fingerprint density at radius 3 is 2.76 bits per heavy atom. The highest BCUT2D eigenvalue weighted by atomic mass is 16.5. The highest BCUT2D eigenvalue weighted by Crippen LogP contribution is 2.66. The third kappa shape index (κ3) is 2.25. The van der Waals surface area contributed by atoms with Crippen molar-refractivity contribution in [2.24, 2.45) is 17.8 Å². The SMILES string of the molecule is CN1CCN(C(=O)[C@H]2[C@@H]3CC[C@@]4(CC(=O)c5ccccc5O4)[C@@H]32)CC1. The molecule has 25 heavy (non-hydrogen) atoms. The Kier molecular flexibility index (Phi) is 3.26. The van der Waals surface area contributed by atoms with Crippen molar-refractivity contribution in [2.45, 2.75) is 24.9 Å². The first kappa shape index (κ1) is 15.4. The van der Waals surface area contributed by atoms with E-state index >= 15 is 0 Å². The lowest BCUT2D eigenvalue weighted by atomic mass is 9.84. The molecule has 2 saturated carbocycles. The van der Waals surface area contributed by atoms with E-state index in [0.29, 0.717) is 23.7 Å². The van der Waals surface area contributed by atoms with Gasteiger partial charge in [0.2, 0.25) is 5.91 Å². The third-order valence-corrected chi connectivity index (χ3v) is 6.74. The van der Waals surface area contributed by atoms with Gasteiger partial charge >= 0.3 is 0 Å². The number of likely N-dealkylation sites (N-methyl/N-ethyl adjacent to an activating group) is 1. The van der Waals surface area contributed by atoms with Crippen LogP contribution in [0.3, 0.4) is 0 Å². The maximum Gasteiger partial charge on any atom is 0.226 e. The summed E-state index contributed by atoms with van der Waals surface area (Å²) < 4.78 is 6.39. The molecular formula is C20H24N2O3. The van der Waals surface area contributed by atoms with Gasteiger partial charge in [0.05, 0.1) is 12.0 Å². The van der Waals surface area contributed by atoms with Crippen LogP contribution < -0.4 is 4.74 Å². The first-order valence-corrected chi connectivity index (χ1v) is 9.38. The summed E-state index contributed by atoms with van der Waals surface area (Å²) in [5.74, 6) is 1.85. The molecule has 0 bridgehead atoms. The smallest absolute Gasteiger partial charge is 0.226 e. The van der Waals surface area contributed by atoms with Crippen LogP contribution in [0.1, 0.15) is 29.6 Å². The number of fused-ring (bicyclic) bond motifs is 3. The molecule has 132 valence electrons. The van der Waals surface area contributed by atoms with Crippen molar-refractivity contribution in [1.29, 1.82) is 0 Å². The fourth-order valence-electron chi connectivity index (χ4n) is 5.34. The number of piperazine rings is 1.